The summed E-state index contributed by atoms with van der Waals surface area (Å²) in [5, 5.41) is 0. The number of aromatic nitrogens is 4. The topological polar surface area (TPSA) is 91.4 Å². The van der Waals surface area contributed by atoms with Crippen molar-refractivity contribution in [2.24, 2.45) is 14.1 Å². The Morgan fingerprint density at radius 1 is 1.07 bits per heavy atom. The number of benzene rings is 1. The van der Waals surface area contributed by atoms with Gasteiger partial charge in [0.05, 0.1) is 13.7 Å². The van der Waals surface area contributed by atoms with Crippen LogP contribution in [-0.4, -0.2) is 44.7 Å². The van der Waals surface area contributed by atoms with Crippen LogP contribution in [0, 0.1) is 0 Å². The summed E-state index contributed by atoms with van der Waals surface area (Å²) in [6.07, 6.45) is 0. The summed E-state index contributed by atoms with van der Waals surface area (Å²) in [6.45, 7) is 5.16. The molecular formula is C20H25N5O4. The Morgan fingerprint density at radius 2 is 1.69 bits per heavy atom. The van der Waals surface area contributed by atoms with Gasteiger partial charge in [-0.2, -0.15) is 4.98 Å². The molecule has 0 fully saturated rings. The van der Waals surface area contributed by atoms with Gasteiger partial charge in [0.2, 0.25) is 5.95 Å². The second-order valence-corrected chi connectivity index (χ2v) is 6.70. The number of nitrogens with zero attached hydrogens (tertiary/aromatic N) is 5. The second-order valence-electron chi connectivity index (χ2n) is 6.70. The maximum Gasteiger partial charge on any atom is 0.332 e. The van der Waals surface area contributed by atoms with Crippen molar-refractivity contribution in [3.63, 3.8) is 0 Å². The highest BCUT2D eigenvalue weighted by Crippen LogP contribution is 2.21. The smallest absolute Gasteiger partial charge is 0.332 e. The quantitative estimate of drug-likeness (QED) is 0.554. The first-order valence-corrected chi connectivity index (χ1v) is 9.42. The Kier molecular flexibility index (Phi) is 5.58. The first-order valence-electron chi connectivity index (χ1n) is 9.42. The number of rotatable bonds is 7. The zero-order chi connectivity index (χ0) is 21.3. The Balaban J connectivity index is 2.20. The third kappa shape index (κ3) is 3.43. The van der Waals surface area contributed by atoms with Crippen LogP contribution in [0.25, 0.3) is 11.2 Å². The zero-order valence-corrected chi connectivity index (χ0v) is 17.3. The molecule has 0 aliphatic heterocycles. The minimum atomic E-state index is -0.475. The Labute approximate surface area is 167 Å². The van der Waals surface area contributed by atoms with Gasteiger partial charge in [0.15, 0.2) is 16.9 Å². The molecule has 9 nitrogen and oxygen atoms in total. The standard InChI is InChI=1S/C20H25N5O4/c1-6-24(7-2)19-21-17-16(18(27)23(4)20(28)22(17)3)25(19)12-15(26)13-8-10-14(29-5)11-9-13/h8-11H,6-7,12H2,1-5H3. The van der Waals surface area contributed by atoms with Crippen molar-refractivity contribution in [3.8, 4) is 5.75 Å². The van der Waals surface area contributed by atoms with E-state index in [9.17, 15) is 14.4 Å². The van der Waals surface area contributed by atoms with E-state index in [1.165, 1.54) is 11.6 Å². The van der Waals surface area contributed by atoms with Crippen molar-refractivity contribution in [1.29, 1.82) is 0 Å². The molecule has 0 bridgehead atoms. The molecule has 0 saturated carbocycles. The van der Waals surface area contributed by atoms with Crippen molar-refractivity contribution in [2.75, 3.05) is 25.1 Å². The Hall–Kier alpha value is -3.36. The van der Waals surface area contributed by atoms with Crippen molar-refractivity contribution in [3.05, 3.63) is 50.7 Å². The van der Waals surface area contributed by atoms with Crippen LogP contribution in [0.15, 0.2) is 33.9 Å². The minimum Gasteiger partial charge on any atom is -0.497 e. The molecule has 29 heavy (non-hydrogen) atoms. The van der Waals surface area contributed by atoms with Crippen LogP contribution in [0.4, 0.5) is 5.95 Å². The zero-order valence-electron chi connectivity index (χ0n) is 17.3. The molecule has 0 radical (unpaired) electrons. The van der Waals surface area contributed by atoms with E-state index < -0.39 is 11.2 Å². The van der Waals surface area contributed by atoms with Gasteiger partial charge in [0, 0.05) is 32.7 Å². The fraction of sp³-hybridized carbons (Fsp3) is 0.400. The van der Waals surface area contributed by atoms with Crippen LogP contribution < -0.4 is 20.9 Å². The summed E-state index contributed by atoms with van der Waals surface area (Å²) in [5.41, 5.74) is 0.0666. The molecule has 0 unspecified atom stereocenters. The lowest BCUT2D eigenvalue weighted by Gasteiger charge is -2.20. The fourth-order valence-corrected chi connectivity index (χ4v) is 3.34. The molecule has 1 aromatic carbocycles. The first-order chi connectivity index (χ1) is 13.8. The maximum atomic E-state index is 13.0. The predicted molar refractivity (Wildman–Crippen MR) is 111 cm³/mol. The Bertz CT molecular complexity index is 1170. The summed E-state index contributed by atoms with van der Waals surface area (Å²) in [6, 6.07) is 6.80. The molecule has 2 aromatic heterocycles. The number of ketones is 1. The van der Waals surface area contributed by atoms with Gasteiger partial charge < -0.3 is 9.64 Å². The van der Waals surface area contributed by atoms with E-state index in [0.717, 1.165) is 4.57 Å². The normalized spacial score (nSPS) is 11.1. The molecule has 0 spiro atoms. The van der Waals surface area contributed by atoms with Crippen LogP contribution in [0.2, 0.25) is 0 Å². The highest BCUT2D eigenvalue weighted by Gasteiger charge is 2.23. The summed E-state index contributed by atoms with van der Waals surface area (Å²) >= 11 is 0. The van der Waals surface area contributed by atoms with E-state index in [-0.39, 0.29) is 23.5 Å². The van der Waals surface area contributed by atoms with Crippen LogP contribution in [0.5, 0.6) is 5.75 Å². The summed E-state index contributed by atoms with van der Waals surface area (Å²) in [4.78, 5) is 44.7. The molecule has 3 aromatic rings. The van der Waals surface area contributed by atoms with Gasteiger partial charge in [-0.25, -0.2) is 4.79 Å². The molecule has 0 aliphatic carbocycles. The van der Waals surface area contributed by atoms with E-state index in [1.54, 1.807) is 43.0 Å². The van der Waals surface area contributed by atoms with Crippen molar-refractivity contribution < 1.29 is 9.53 Å². The van der Waals surface area contributed by atoms with E-state index in [4.69, 9.17) is 4.74 Å². The third-order valence-corrected chi connectivity index (χ3v) is 5.09. The number of carbonyl (C=O) groups excluding carboxylic acids is 1. The highest BCUT2D eigenvalue weighted by atomic mass is 16.5. The van der Waals surface area contributed by atoms with Gasteiger partial charge in [-0.05, 0) is 38.1 Å². The number of anilines is 1. The summed E-state index contributed by atoms with van der Waals surface area (Å²) in [7, 11) is 4.55. The maximum absolute atomic E-state index is 13.0. The van der Waals surface area contributed by atoms with E-state index in [0.29, 0.717) is 30.4 Å². The molecule has 154 valence electrons. The lowest BCUT2D eigenvalue weighted by molar-refractivity contribution is 0.0973. The van der Waals surface area contributed by atoms with Gasteiger partial charge in [-0.3, -0.25) is 23.3 Å². The molecule has 3 rings (SSSR count). The van der Waals surface area contributed by atoms with Crippen molar-refractivity contribution >= 4 is 22.9 Å². The van der Waals surface area contributed by atoms with Gasteiger partial charge in [-0.1, -0.05) is 0 Å². The molecule has 0 N–H and O–H groups in total. The monoisotopic (exact) mass is 399 g/mol. The van der Waals surface area contributed by atoms with Crippen LogP contribution in [-0.2, 0) is 20.6 Å². The van der Waals surface area contributed by atoms with Gasteiger partial charge in [0.25, 0.3) is 5.56 Å². The average molecular weight is 399 g/mol. The molecule has 9 heteroatoms. The van der Waals surface area contributed by atoms with Crippen molar-refractivity contribution in [1.82, 2.24) is 18.7 Å². The number of hydrogen-bond acceptors (Lipinski definition) is 6. The third-order valence-electron chi connectivity index (χ3n) is 5.09. The van der Waals surface area contributed by atoms with Crippen LogP contribution in [0.1, 0.15) is 24.2 Å². The lowest BCUT2D eigenvalue weighted by atomic mass is 10.1. The van der Waals surface area contributed by atoms with E-state index in [1.807, 2.05) is 18.7 Å². The fourth-order valence-electron chi connectivity index (χ4n) is 3.34. The molecule has 0 saturated heterocycles. The summed E-state index contributed by atoms with van der Waals surface area (Å²) < 4.78 is 9.11. The van der Waals surface area contributed by atoms with E-state index in [2.05, 4.69) is 4.98 Å². The van der Waals surface area contributed by atoms with Gasteiger partial charge in [-0.15, -0.1) is 0 Å². The number of imidazole rings is 1. The highest BCUT2D eigenvalue weighted by molar-refractivity contribution is 5.97. The average Bonchev–Trinajstić information content (AvgIpc) is 3.10. The molecular weight excluding hydrogens is 374 g/mol. The molecule has 0 atom stereocenters. The number of methoxy groups -OCH3 is 1. The second kappa shape index (κ2) is 7.94. The SMILES string of the molecule is CCN(CC)c1nc2c(c(=O)n(C)c(=O)n2C)n1CC(=O)c1ccc(OC)cc1. The van der Waals surface area contributed by atoms with Crippen molar-refractivity contribution in [2.45, 2.75) is 20.4 Å². The number of ether oxygens (including phenoxy) is 1. The number of Topliss-reactive ketones (excluding diaryl/α,β-unsaturated/α-hetero) is 1. The number of aryl methyl sites for hydroxylation is 1. The first kappa shape index (κ1) is 20.4. The predicted octanol–water partition coefficient (Wildman–Crippen LogP) is 1.17. The minimum absolute atomic E-state index is 0.0674. The van der Waals surface area contributed by atoms with Gasteiger partial charge >= 0.3 is 5.69 Å². The molecule has 0 aliphatic rings. The lowest BCUT2D eigenvalue weighted by Crippen LogP contribution is -2.37. The Morgan fingerprint density at radius 3 is 2.24 bits per heavy atom. The van der Waals surface area contributed by atoms with Crippen LogP contribution >= 0.6 is 0 Å². The van der Waals surface area contributed by atoms with Crippen LogP contribution in [0.3, 0.4) is 0 Å². The number of carbonyl (C=O) groups is 1. The summed E-state index contributed by atoms with van der Waals surface area (Å²) in [5.74, 6) is 0.976. The largest absolute Gasteiger partial charge is 0.497 e. The van der Waals surface area contributed by atoms with E-state index >= 15 is 0 Å². The number of fused-ring (bicyclic) bond motifs is 1. The number of hydrogen-bond donors (Lipinski definition) is 0. The van der Waals surface area contributed by atoms with Gasteiger partial charge in [0.1, 0.15) is 5.75 Å². The molecule has 0 amide bonds. The molecule has 2 heterocycles.